The van der Waals surface area contributed by atoms with E-state index in [9.17, 15) is 23.1 Å². The quantitative estimate of drug-likeness (QED) is 0.375. The molecule has 1 aromatic carbocycles. The highest BCUT2D eigenvalue weighted by molar-refractivity contribution is 7.89. The summed E-state index contributed by atoms with van der Waals surface area (Å²) in [7, 11) is -4.05. The predicted molar refractivity (Wildman–Crippen MR) is 111 cm³/mol. The smallest absolute Gasteiger partial charge is 0.407 e. The Bertz CT molecular complexity index is 878. The molecule has 0 bridgehead atoms. The molecule has 0 saturated carbocycles. The van der Waals surface area contributed by atoms with Gasteiger partial charge in [0.2, 0.25) is 10.0 Å². The lowest BCUT2D eigenvalue weighted by Gasteiger charge is -2.20. The normalized spacial score (nSPS) is 12.3. The van der Waals surface area contributed by atoms with Gasteiger partial charge in [0.1, 0.15) is 24.0 Å². The molecule has 0 aliphatic carbocycles. The molecule has 0 fully saturated rings. The molecule has 166 valence electrons. The van der Waals surface area contributed by atoms with Crippen molar-refractivity contribution in [2.75, 3.05) is 13.2 Å². The van der Waals surface area contributed by atoms with Crippen molar-refractivity contribution >= 4 is 22.1 Å². The SMILES string of the molecule is CC#CCOc1ccc(S(=O)(=O)N[C@H](CCCNC(=O)OC(C)(C)C)C(=O)O)cc1. The molecule has 0 radical (unpaired) electrons. The summed E-state index contributed by atoms with van der Waals surface area (Å²) in [5.74, 6) is 4.53. The van der Waals surface area contributed by atoms with Crippen molar-refractivity contribution in [3.8, 4) is 17.6 Å². The summed E-state index contributed by atoms with van der Waals surface area (Å²) >= 11 is 0. The first-order valence-electron chi connectivity index (χ1n) is 9.29. The van der Waals surface area contributed by atoms with Gasteiger partial charge in [-0.2, -0.15) is 4.72 Å². The summed E-state index contributed by atoms with van der Waals surface area (Å²) in [4.78, 5) is 22.9. The highest BCUT2D eigenvalue weighted by Gasteiger charge is 2.25. The van der Waals surface area contributed by atoms with Crippen molar-refractivity contribution < 1.29 is 32.6 Å². The Morgan fingerprint density at radius 2 is 1.83 bits per heavy atom. The van der Waals surface area contributed by atoms with Crippen LogP contribution in [0.1, 0.15) is 40.5 Å². The molecule has 0 heterocycles. The number of benzene rings is 1. The van der Waals surface area contributed by atoms with E-state index >= 15 is 0 Å². The van der Waals surface area contributed by atoms with E-state index in [2.05, 4.69) is 21.9 Å². The Morgan fingerprint density at radius 1 is 1.20 bits per heavy atom. The fourth-order valence-corrected chi connectivity index (χ4v) is 3.43. The molecule has 10 heteroatoms. The summed E-state index contributed by atoms with van der Waals surface area (Å²) in [6.45, 7) is 7.17. The lowest BCUT2D eigenvalue weighted by Crippen LogP contribution is -2.41. The highest BCUT2D eigenvalue weighted by atomic mass is 32.2. The van der Waals surface area contributed by atoms with Crippen molar-refractivity contribution in [1.29, 1.82) is 0 Å². The summed E-state index contributed by atoms with van der Waals surface area (Å²) < 4.78 is 37.5. The van der Waals surface area contributed by atoms with Crippen LogP contribution in [0.5, 0.6) is 5.75 Å². The number of alkyl carbamates (subject to hydrolysis) is 1. The van der Waals surface area contributed by atoms with E-state index < -0.39 is 33.7 Å². The average molecular weight is 441 g/mol. The van der Waals surface area contributed by atoms with Crippen molar-refractivity contribution in [2.24, 2.45) is 0 Å². The standard InChI is InChI=1S/C20H28N2O7S/c1-5-6-14-28-15-9-11-16(12-10-15)30(26,27)22-17(18(23)24)8-7-13-21-19(25)29-20(2,3)4/h9-12,17,22H,7-8,13-14H2,1-4H3,(H,21,25)(H,23,24)/t17-/m1/s1. The third-order valence-corrected chi connectivity index (χ3v) is 5.04. The average Bonchev–Trinajstić information content (AvgIpc) is 2.63. The summed E-state index contributed by atoms with van der Waals surface area (Å²) in [6, 6.07) is 4.23. The number of aliphatic carboxylic acids is 1. The molecule has 3 N–H and O–H groups in total. The molecular formula is C20H28N2O7S. The minimum absolute atomic E-state index is 0.0127. The van der Waals surface area contributed by atoms with E-state index in [1.54, 1.807) is 27.7 Å². The third-order valence-electron chi connectivity index (χ3n) is 3.56. The summed E-state index contributed by atoms with van der Waals surface area (Å²) in [6.07, 6.45) is -0.396. The first kappa shape index (κ1) is 25.3. The van der Waals surface area contributed by atoms with Crippen LogP contribution in [-0.2, 0) is 19.6 Å². The van der Waals surface area contributed by atoms with E-state index in [1.165, 1.54) is 24.3 Å². The maximum atomic E-state index is 12.5. The first-order chi connectivity index (χ1) is 13.9. The number of hydrogen-bond acceptors (Lipinski definition) is 6. The van der Waals surface area contributed by atoms with Crippen LogP contribution in [0.2, 0.25) is 0 Å². The zero-order valence-electron chi connectivity index (χ0n) is 17.5. The Morgan fingerprint density at radius 3 is 2.37 bits per heavy atom. The number of nitrogens with one attached hydrogen (secondary N) is 2. The van der Waals surface area contributed by atoms with Gasteiger partial charge in [0.05, 0.1) is 4.90 Å². The Labute approximate surface area is 177 Å². The van der Waals surface area contributed by atoms with Crippen molar-refractivity contribution in [2.45, 2.75) is 57.1 Å². The number of carbonyl (C=O) groups is 2. The zero-order chi connectivity index (χ0) is 22.8. The molecule has 30 heavy (non-hydrogen) atoms. The number of carboxylic acid groups (broad SMARTS) is 1. The monoisotopic (exact) mass is 440 g/mol. The van der Waals surface area contributed by atoms with Gasteiger partial charge in [-0.05, 0) is 64.8 Å². The van der Waals surface area contributed by atoms with Gasteiger partial charge in [-0.3, -0.25) is 4.79 Å². The molecular weight excluding hydrogens is 412 g/mol. The van der Waals surface area contributed by atoms with Crippen molar-refractivity contribution in [3.05, 3.63) is 24.3 Å². The fourth-order valence-electron chi connectivity index (χ4n) is 2.21. The number of ether oxygens (including phenoxy) is 2. The maximum Gasteiger partial charge on any atom is 0.407 e. The van der Waals surface area contributed by atoms with Crippen LogP contribution in [0.15, 0.2) is 29.2 Å². The number of amides is 1. The molecule has 1 aromatic rings. The molecule has 1 amide bonds. The lowest BCUT2D eigenvalue weighted by molar-refractivity contribution is -0.139. The van der Waals surface area contributed by atoms with Gasteiger partial charge in [-0.15, -0.1) is 5.92 Å². The molecule has 0 aliphatic heterocycles. The molecule has 1 rings (SSSR count). The number of rotatable bonds is 10. The van der Waals surface area contributed by atoms with E-state index in [0.717, 1.165) is 0 Å². The number of carbonyl (C=O) groups excluding carboxylic acids is 1. The Kier molecular flexibility index (Phi) is 9.62. The highest BCUT2D eigenvalue weighted by Crippen LogP contribution is 2.17. The molecule has 1 atom stereocenters. The zero-order valence-corrected chi connectivity index (χ0v) is 18.3. The number of sulfonamides is 1. The summed E-state index contributed by atoms with van der Waals surface area (Å²) in [5, 5.41) is 11.8. The van der Waals surface area contributed by atoms with Gasteiger partial charge >= 0.3 is 12.1 Å². The molecule has 0 aromatic heterocycles. The summed E-state index contributed by atoms with van der Waals surface area (Å²) in [5.41, 5.74) is -0.646. The second kappa shape index (κ2) is 11.4. The minimum Gasteiger partial charge on any atom is -0.481 e. The lowest BCUT2D eigenvalue weighted by atomic mass is 10.2. The van der Waals surface area contributed by atoms with Crippen molar-refractivity contribution in [1.82, 2.24) is 10.0 Å². The fraction of sp³-hybridized carbons (Fsp3) is 0.500. The van der Waals surface area contributed by atoms with Crippen LogP contribution in [0, 0.1) is 11.8 Å². The first-order valence-corrected chi connectivity index (χ1v) is 10.8. The molecule has 0 saturated heterocycles. The van der Waals surface area contributed by atoms with Crippen LogP contribution in [0.3, 0.4) is 0 Å². The third kappa shape index (κ3) is 9.62. The minimum atomic E-state index is -4.05. The van der Waals surface area contributed by atoms with E-state index in [4.69, 9.17) is 9.47 Å². The van der Waals surface area contributed by atoms with Crippen LogP contribution in [-0.4, -0.2) is 50.4 Å². The molecule has 0 unspecified atom stereocenters. The van der Waals surface area contributed by atoms with E-state index in [1.807, 2.05) is 0 Å². The number of hydrogen-bond donors (Lipinski definition) is 3. The van der Waals surface area contributed by atoms with Crippen LogP contribution >= 0.6 is 0 Å². The van der Waals surface area contributed by atoms with Crippen LogP contribution in [0.25, 0.3) is 0 Å². The Balaban J connectivity index is 2.63. The second-order valence-electron chi connectivity index (χ2n) is 7.27. The maximum absolute atomic E-state index is 12.5. The largest absolute Gasteiger partial charge is 0.481 e. The molecule has 9 nitrogen and oxygen atoms in total. The van der Waals surface area contributed by atoms with Gasteiger partial charge in [-0.1, -0.05) is 5.92 Å². The Hall–Kier alpha value is -2.77. The topological polar surface area (TPSA) is 131 Å². The van der Waals surface area contributed by atoms with Crippen LogP contribution < -0.4 is 14.8 Å². The number of carboxylic acids is 1. The second-order valence-corrected chi connectivity index (χ2v) is 8.98. The van der Waals surface area contributed by atoms with Gasteiger partial charge in [0.25, 0.3) is 0 Å². The predicted octanol–water partition coefficient (Wildman–Crippen LogP) is 2.13. The van der Waals surface area contributed by atoms with Crippen molar-refractivity contribution in [3.63, 3.8) is 0 Å². The van der Waals surface area contributed by atoms with Crippen LogP contribution in [0.4, 0.5) is 4.79 Å². The van der Waals surface area contributed by atoms with Gasteiger partial charge in [0.15, 0.2) is 0 Å². The molecule has 0 aliphatic rings. The van der Waals surface area contributed by atoms with E-state index in [-0.39, 0.29) is 30.9 Å². The van der Waals surface area contributed by atoms with Gasteiger partial charge in [0, 0.05) is 6.54 Å². The molecule has 0 spiro atoms. The van der Waals surface area contributed by atoms with E-state index in [0.29, 0.717) is 5.75 Å². The van der Waals surface area contributed by atoms with Gasteiger partial charge < -0.3 is 19.9 Å². The van der Waals surface area contributed by atoms with Gasteiger partial charge in [-0.25, -0.2) is 13.2 Å².